The molecule has 2 N–H and O–H groups in total. The maximum atomic E-state index is 13.5. The minimum absolute atomic E-state index is 0.208. The van der Waals surface area contributed by atoms with Crippen molar-refractivity contribution in [2.75, 3.05) is 12.4 Å². The minimum Gasteiger partial charge on any atom is -0.495 e. The van der Waals surface area contributed by atoms with Crippen LogP contribution < -0.4 is 15.4 Å². The number of carbonyl (C=O) groups is 1. The van der Waals surface area contributed by atoms with E-state index in [-0.39, 0.29) is 18.3 Å². The highest BCUT2D eigenvalue weighted by molar-refractivity contribution is 5.95. The van der Waals surface area contributed by atoms with Crippen molar-refractivity contribution >= 4 is 11.6 Å². The van der Waals surface area contributed by atoms with Gasteiger partial charge in [-0.25, -0.2) is 4.39 Å². The molecule has 1 atom stereocenters. The molecule has 116 valence electrons. The molecule has 0 heterocycles. The van der Waals surface area contributed by atoms with Gasteiger partial charge in [-0.1, -0.05) is 30.3 Å². The lowest BCUT2D eigenvalue weighted by atomic mass is 10.2. The topological polar surface area (TPSA) is 50.4 Å². The molecular weight excluding hydrogens is 283 g/mol. The molecule has 22 heavy (non-hydrogen) atoms. The number of para-hydroxylation sites is 2. The Bertz CT molecular complexity index is 646. The van der Waals surface area contributed by atoms with E-state index in [1.165, 1.54) is 6.07 Å². The van der Waals surface area contributed by atoms with Crippen LogP contribution in [0.15, 0.2) is 48.5 Å². The van der Waals surface area contributed by atoms with Gasteiger partial charge in [0.1, 0.15) is 11.6 Å². The van der Waals surface area contributed by atoms with Gasteiger partial charge in [0.05, 0.1) is 18.8 Å². The fourth-order valence-corrected chi connectivity index (χ4v) is 1.99. The first-order chi connectivity index (χ1) is 10.6. The van der Waals surface area contributed by atoms with Gasteiger partial charge in [0.25, 0.3) is 0 Å². The monoisotopic (exact) mass is 302 g/mol. The molecule has 2 aromatic carbocycles. The van der Waals surface area contributed by atoms with E-state index >= 15 is 0 Å². The minimum atomic E-state index is -0.468. The number of halogens is 1. The molecule has 2 rings (SSSR count). The molecule has 0 aliphatic carbocycles. The van der Waals surface area contributed by atoms with Crippen molar-refractivity contribution in [3.05, 3.63) is 59.9 Å². The highest BCUT2D eigenvalue weighted by Crippen LogP contribution is 2.23. The summed E-state index contributed by atoms with van der Waals surface area (Å²) in [6.45, 7) is 2.01. The molecule has 0 aliphatic heterocycles. The van der Waals surface area contributed by atoms with E-state index in [1.54, 1.807) is 44.4 Å². The van der Waals surface area contributed by atoms with Gasteiger partial charge in [-0.05, 0) is 25.1 Å². The van der Waals surface area contributed by atoms with Crippen LogP contribution in [0.1, 0.15) is 12.5 Å². The van der Waals surface area contributed by atoms with Crippen LogP contribution in [0.25, 0.3) is 0 Å². The first kappa shape index (κ1) is 16.0. The quantitative estimate of drug-likeness (QED) is 0.862. The molecule has 4 nitrogen and oxygen atoms in total. The van der Waals surface area contributed by atoms with Gasteiger partial charge in [-0.15, -0.1) is 0 Å². The highest BCUT2D eigenvalue weighted by atomic mass is 19.1. The second-order valence-electron chi connectivity index (χ2n) is 4.88. The van der Waals surface area contributed by atoms with Crippen LogP contribution in [0.2, 0.25) is 0 Å². The number of benzene rings is 2. The summed E-state index contributed by atoms with van der Waals surface area (Å²) in [4.78, 5) is 12.2. The van der Waals surface area contributed by atoms with Crippen molar-refractivity contribution in [1.29, 1.82) is 0 Å². The van der Waals surface area contributed by atoms with E-state index in [0.717, 1.165) is 0 Å². The Morgan fingerprint density at radius 3 is 2.59 bits per heavy atom. The summed E-state index contributed by atoms with van der Waals surface area (Å²) >= 11 is 0. The third-order valence-electron chi connectivity index (χ3n) is 3.31. The van der Waals surface area contributed by atoms with Crippen molar-refractivity contribution in [2.24, 2.45) is 0 Å². The first-order valence-electron chi connectivity index (χ1n) is 7.02. The van der Waals surface area contributed by atoms with Crippen LogP contribution in [0, 0.1) is 5.82 Å². The summed E-state index contributed by atoms with van der Waals surface area (Å²) in [5, 5.41) is 5.80. The molecule has 0 spiro atoms. The van der Waals surface area contributed by atoms with Gasteiger partial charge in [0, 0.05) is 12.1 Å². The number of methoxy groups -OCH3 is 1. The van der Waals surface area contributed by atoms with Crippen molar-refractivity contribution in [3.8, 4) is 5.75 Å². The molecule has 0 saturated carbocycles. The van der Waals surface area contributed by atoms with Crippen LogP contribution in [-0.2, 0) is 11.3 Å². The molecule has 0 fully saturated rings. The zero-order chi connectivity index (χ0) is 15.9. The molecule has 0 saturated heterocycles. The van der Waals surface area contributed by atoms with Crippen molar-refractivity contribution in [1.82, 2.24) is 5.32 Å². The Kier molecular flexibility index (Phi) is 5.49. The van der Waals surface area contributed by atoms with Gasteiger partial charge in [0.2, 0.25) is 5.91 Å². The fourth-order valence-electron chi connectivity index (χ4n) is 1.99. The lowest BCUT2D eigenvalue weighted by Gasteiger charge is -2.16. The van der Waals surface area contributed by atoms with E-state index in [2.05, 4.69) is 10.6 Å². The number of rotatable bonds is 6. The van der Waals surface area contributed by atoms with Gasteiger partial charge in [-0.3, -0.25) is 4.79 Å². The normalized spacial score (nSPS) is 11.8. The Balaban J connectivity index is 1.94. The summed E-state index contributed by atoms with van der Waals surface area (Å²) in [5.41, 5.74) is 1.13. The third-order valence-corrected chi connectivity index (χ3v) is 3.31. The van der Waals surface area contributed by atoms with Crippen molar-refractivity contribution in [2.45, 2.75) is 19.5 Å². The molecule has 0 bridgehead atoms. The van der Waals surface area contributed by atoms with Crippen molar-refractivity contribution in [3.63, 3.8) is 0 Å². The van der Waals surface area contributed by atoms with E-state index in [4.69, 9.17) is 4.74 Å². The number of ether oxygens (including phenoxy) is 1. The summed E-state index contributed by atoms with van der Waals surface area (Å²) in [7, 11) is 1.55. The number of nitrogens with one attached hydrogen (secondary N) is 2. The van der Waals surface area contributed by atoms with Gasteiger partial charge in [0.15, 0.2) is 0 Å². The molecule has 0 aromatic heterocycles. The van der Waals surface area contributed by atoms with Gasteiger partial charge < -0.3 is 15.4 Å². The number of anilines is 1. The van der Waals surface area contributed by atoms with Crippen LogP contribution in [-0.4, -0.2) is 19.1 Å². The summed E-state index contributed by atoms with van der Waals surface area (Å²) in [6.07, 6.45) is 0. The Hall–Kier alpha value is -2.40. The third kappa shape index (κ3) is 4.05. The Morgan fingerprint density at radius 1 is 1.18 bits per heavy atom. The predicted molar refractivity (Wildman–Crippen MR) is 84.3 cm³/mol. The van der Waals surface area contributed by atoms with E-state index in [0.29, 0.717) is 17.0 Å². The molecule has 1 amide bonds. The molecule has 5 heteroatoms. The van der Waals surface area contributed by atoms with Crippen LogP contribution in [0.5, 0.6) is 5.75 Å². The van der Waals surface area contributed by atoms with Gasteiger partial charge in [-0.2, -0.15) is 0 Å². The average molecular weight is 302 g/mol. The Morgan fingerprint density at radius 2 is 1.86 bits per heavy atom. The van der Waals surface area contributed by atoms with E-state index < -0.39 is 6.04 Å². The second-order valence-corrected chi connectivity index (χ2v) is 4.88. The van der Waals surface area contributed by atoms with E-state index in [9.17, 15) is 9.18 Å². The SMILES string of the molecule is COc1ccccc1NC(=O)C(C)NCc1ccccc1F. The summed E-state index contributed by atoms with van der Waals surface area (Å²) in [6, 6.07) is 13.2. The number of carbonyl (C=O) groups excluding carboxylic acids is 1. The van der Waals surface area contributed by atoms with Crippen LogP contribution >= 0.6 is 0 Å². The lowest BCUT2D eigenvalue weighted by molar-refractivity contribution is -0.117. The molecule has 0 aliphatic rings. The molecular formula is C17H19FN2O2. The first-order valence-corrected chi connectivity index (χ1v) is 7.02. The summed E-state index contributed by atoms with van der Waals surface area (Å²) in [5.74, 6) is 0.102. The van der Waals surface area contributed by atoms with E-state index in [1.807, 2.05) is 12.1 Å². The second kappa shape index (κ2) is 7.56. The summed E-state index contributed by atoms with van der Waals surface area (Å²) < 4.78 is 18.7. The number of hydrogen-bond donors (Lipinski definition) is 2. The zero-order valence-corrected chi connectivity index (χ0v) is 12.6. The molecule has 2 aromatic rings. The maximum absolute atomic E-state index is 13.5. The van der Waals surface area contributed by atoms with Gasteiger partial charge >= 0.3 is 0 Å². The number of amides is 1. The maximum Gasteiger partial charge on any atom is 0.241 e. The van der Waals surface area contributed by atoms with Crippen LogP contribution in [0.3, 0.4) is 0 Å². The van der Waals surface area contributed by atoms with Crippen LogP contribution in [0.4, 0.5) is 10.1 Å². The molecule has 0 radical (unpaired) electrons. The Labute approximate surface area is 129 Å². The standard InChI is InChI=1S/C17H19FN2O2/c1-12(19-11-13-7-3-4-8-14(13)18)17(21)20-15-9-5-6-10-16(15)22-2/h3-10,12,19H,11H2,1-2H3,(H,20,21). The average Bonchev–Trinajstić information content (AvgIpc) is 2.54. The van der Waals surface area contributed by atoms with Crippen molar-refractivity contribution < 1.29 is 13.9 Å². The largest absolute Gasteiger partial charge is 0.495 e. The highest BCUT2D eigenvalue weighted by Gasteiger charge is 2.14. The smallest absolute Gasteiger partial charge is 0.241 e. The predicted octanol–water partition coefficient (Wildman–Crippen LogP) is 2.95. The zero-order valence-electron chi connectivity index (χ0n) is 12.6. The molecule has 1 unspecified atom stereocenters. The lowest BCUT2D eigenvalue weighted by Crippen LogP contribution is -2.37. The number of hydrogen-bond acceptors (Lipinski definition) is 3. The fraction of sp³-hybridized carbons (Fsp3) is 0.235.